The lowest BCUT2D eigenvalue weighted by molar-refractivity contribution is -0.136. The van der Waals surface area contributed by atoms with Gasteiger partial charge in [-0.3, -0.25) is 29.6 Å². The second-order valence-corrected chi connectivity index (χ2v) is 13.1. The van der Waals surface area contributed by atoms with Gasteiger partial charge < -0.3 is 19.3 Å². The number of piperidine rings is 1. The van der Waals surface area contributed by atoms with E-state index in [0.29, 0.717) is 24.4 Å². The maximum atomic E-state index is 13.1. The number of ether oxygens (including phenoxy) is 2. The Bertz CT molecular complexity index is 1670. The number of rotatable bonds is 7. The van der Waals surface area contributed by atoms with Crippen molar-refractivity contribution in [2.75, 3.05) is 44.3 Å². The second-order valence-electron chi connectivity index (χ2n) is 13.1. The minimum Gasteiger partial charge on any atom is -0.489 e. The lowest BCUT2D eigenvalue weighted by atomic mass is 9.95. The Morgan fingerprint density at radius 1 is 0.956 bits per heavy atom. The molecule has 45 heavy (non-hydrogen) atoms. The molecule has 8 rings (SSSR count). The number of amides is 3. The molecule has 4 fully saturated rings. The summed E-state index contributed by atoms with van der Waals surface area (Å²) in [4.78, 5) is 48.7. The third kappa shape index (κ3) is 5.55. The maximum Gasteiger partial charge on any atom is 0.255 e. The molecule has 10 heteroatoms. The number of anilines is 1. The monoisotopic (exact) mass is 609 g/mol. The van der Waals surface area contributed by atoms with E-state index in [-0.39, 0.29) is 24.3 Å². The average molecular weight is 610 g/mol. The van der Waals surface area contributed by atoms with Gasteiger partial charge in [0.05, 0.1) is 11.2 Å². The van der Waals surface area contributed by atoms with Crippen LogP contribution in [0, 0.1) is 0 Å². The highest BCUT2D eigenvalue weighted by molar-refractivity contribution is 6.05. The number of nitrogens with one attached hydrogen (secondary N) is 1. The molecule has 3 aromatic rings. The van der Waals surface area contributed by atoms with Gasteiger partial charge in [-0.15, -0.1) is 0 Å². The topological polar surface area (TPSA) is 104 Å². The van der Waals surface area contributed by atoms with E-state index >= 15 is 0 Å². The zero-order valence-corrected chi connectivity index (χ0v) is 25.5. The molecule has 0 spiro atoms. The van der Waals surface area contributed by atoms with Gasteiger partial charge in [0.25, 0.3) is 5.91 Å². The van der Waals surface area contributed by atoms with E-state index in [1.165, 1.54) is 28.8 Å². The van der Waals surface area contributed by atoms with Crippen molar-refractivity contribution in [3.05, 3.63) is 64.8 Å². The van der Waals surface area contributed by atoms with Crippen LogP contribution < -0.4 is 15.0 Å². The van der Waals surface area contributed by atoms with Crippen molar-refractivity contribution in [3.8, 4) is 5.75 Å². The zero-order chi connectivity index (χ0) is 30.5. The van der Waals surface area contributed by atoms with Crippen molar-refractivity contribution >= 4 is 34.3 Å². The number of pyridine rings is 1. The zero-order valence-electron chi connectivity index (χ0n) is 25.5. The summed E-state index contributed by atoms with van der Waals surface area (Å²) in [6, 6.07) is 14.1. The van der Waals surface area contributed by atoms with E-state index in [1.54, 1.807) is 11.0 Å². The fourth-order valence-electron chi connectivity index (χ4n) is 7.51. The summed E-state index contributed by atoms with van der Waals surface area (Å²) in [5, 5.41) is 3.57. The predicted molar refractivity (Wildman–Crippen MR) is 168 cm³/mol. The van der Waals surface area contributed by atoms with Gasteiger partial charge in [-0.2, -0.15) is 0 Å². The minimum absolute atomic E-state index is 0.0606. The van der Waals surface area contributed by atoms with Crippen LogP contribution in [0.5, 0.6) is 5.75 Å². The first-order chi connectivity index (χ1) is 22.0. The van der Waals surface area contributed by atoms with Crippen molar-refractivity contribution < 1.29 is 23.9 Å². The number of fused-ring (bicyclic) bond motifs is 2. The number of aromatic nitrogens is 1. The summed E-state index contributed by atoms with van der Waals surface area (Å²) in [5.74, 6) is 0.380. The van der Waals surface area contributed by atoms with Crippen molar-refractivity contribution in [3.63, 3.8) is 0 Å². The number of hydrogen-bond donors (Lipinski definition) is 1. The highest BCUT2D eigenvalue weighted by Crippen LogP contribution is 2.35. The summed E-state index contributed by atoms with van der Waals surface area (Å²) in [7, 11) is 0. The van der Waals surface area contributed by atoms with Gasteiger partial charge in [-0.25, -0.2) is 0 Å². The molecule has 1 N–H and O–H groups in total. The first-order valence-electron chi connectivity index (χ1n) is 16.4. The maximum absolute atomic E-state index is 13.1. The summed E-state index contributed by atoms with van der Waals surface area (Å²) in [6.45, 7) is 6.79. The van der Waals surface area contributed by atoms with Crippen LogP contribution in [0.3, 0.4) is 0 Å². The van der Waals surface area contributed by atoms with Gasteiger partial charge in [0, 0.05) is 81.5 Å². The highest BCUT2D eigenvalue weighted by atomic mass is 16.5. The smallest absolute Gasteiger partial charge is 0.255 e. The molecule has 10 nitrogen and oxygen atoms in total. The number of benzene rings is 2. The van der Waals surface area contributed by atoms with Gasteiger partial charge in [0.1, 0.15) is 17.9 Å². The molecule has 5 aliphatic rings. The lowest BCUT2D eigenvalue weighted by Gasteiger charge is -2.34. The van der Waals surface area contributed by atoms with Crippen LogP contribution >= 0.6 is 0 Å². The number of hydrogen-bond acceptors (Lipinski definition) is 8. The third-order valence-corrected chi connectivity index (χ3v) is 10.1. The van der Waals surface area contributed by atoms with E-state index in [0.717, 1.165) is 82.0 Å². The van der Waals surface area contributed by atoms with Gasteiger partial charge >= 0.3 is 0 Å². The molecule has 1 aromatic heterocycles. The molecule has 0 radical (unpaired) electrons. The van der Waals surface area contributed by atoms with Gasteiger partial charge in [0.2, 0.25) is 11.8 Å². The fourth-order valence-corrected chi connectivity index (χ4v) is 7.51. The molecule has 0 bridgehead atoms. The molecule has 234 valence electrons. The van der Waals surface area contributed by atoms with Crippen molar-refractivity contribution in [2.45, 2.75) is 69.7 Å². The summed E-state index contributed by atoms with van der Waals surface area (Å²) in [6.07, 6.45) is 4.90. The Hall–Kier alpha value is -4.02. The molecular weight excluding hydrogens is 570 g/mol. The van der Waals surface area contributed by atoms with Crippen LogP contribution in [0.25, 0.3) is 10.9 Å². The second kappa shape index (κ2) is 11.7. The Morgan fingerprint density at radius 3 is 2.62 bits per heavy atom. The quantitative estimate of drug-likeness (QED) is 0.404. The van der Waals surface area contributed by atoms with Crippen molar-refractivity contribution in [1.29, 1.82) is 0 Å². The number of nitrogens with zero attached hydrogens (tertiary/aromatic N) is 4. The lowest BCUT2D eigenvalue weighted by Crippen LogP contribution is -2.52. The molecule has 3 amide bonds. The van der Waals surface area contributed by atoms with Crippen LogP contribution in [-0.4, -0.2) is 84.0 Å². The normalized spacial score (nSPS) is 24.2. The first kappa shape index (κ1) is 28.5. The number of imide groups is 1. The SMILES string of the molecule is O=C1CC[C@H](N2Cc3cc(O[C@H]4CCN(Cc5cc(N6CCC6)c6nc(C7CCOCC7)ccc6c5)C4)ccc3C2=O)C(=O)N1. The molecule has 6 heterocycles. The summed E-state index contributed by atoms with van der Waals surface area (Å²) in [5.41, 5.74) is 6.34. The first-order valence-corrected chi connectivity index (χ1v) is 16.4. The van der Waals surface area contributed by atoms with Crippen LogP contribution in [-0.2, 0) is 27.4 Å². The van der Waals surface area contributed by atoms with Crippen LogP contribution in [0.2, 0.25) is 0 Å². The van der Waals surface area contributed by atoms with Crippen molar-refractivity contribution in [2.24, 2.45) is 0 Å². The molecule has 2 atom stereocenters. The molecular formula is C35H39N5O5. The number of likely N-dealkylation sites (tertiary alicyclic amines) is 1. The van der Waals surface area contributed by atoms with Crippen LogP contribution in [0.4, 0.5) is 5.69 Å². The standard InChI is InChI=1S/C35H39N5O5/c41-32-7-6-30(34(42)37-32)40-20-25-18-26(3-4-28(25)35(40)43)45-27-8-13-38(21-27)19-22-16-24-2-5-29(23-9-14-44-15-10-23)36-33(24)31(17-22)39-11-1-12-39/h2-5,16-18,23,27,30H,1,6-15,19-21H2,(H,37,41,42)/t27-,30-/m0/s1. The molecule has 2 aromatic carbocycles. The largest absolute Gasteiger partial charge is 0.489 e. The van der Waals surface area contributed by atoms with E-state index in [2.05, 4.69) is 39.4 Å². The predicted octanol–water partition coefficient (Wildman–Crippen LogP) is 3.75. The van der Waals surface area contributed by atoms with Crippen LogP contribution in [0.1, 0.15) is 71.6 Å². The highest BCUT2D eigenvalue weighted by Gasteiger charge is 2.39. The van der Waals surface area contributed by atoms with Gasteiger partial charge in [-0.1, -0.05) is 6.07 Å². The fraction of sp³-hybridized carbons (Fsp3) is 0.486. The Balaban J connectivity index is 0.934. The van der Waals surface area contributed by atoms with Gasteiger partial charge in [0.15, 0.2) is 0 Å². The van der Waals surface area contributed by atoms with E-state index in [9.17, 15) is 14.4 Å². The van der Waals surface area contributed by atoms with Crippen LogP contribution in [0.15, 0.2) is 42.5 Å². The number of carbonyl (C=O) groups is 3. The Kier molecular flexibility index (Phi) is 7.41. The summed E-state index contributed by atoms with van der Waals surface area (Å²) < 4.78 is 12.0. The molecule has 0 aliphatic carbocycles. The molecule has 0 saturated carbocycles. The molecule has 5 aliphatic heterocycles. The molecule has 4 saturated heterocycles. The van der Waals surface area contributed by atoms with E-state index in [4.69, 9.17) is 14.5 Å². The van der Waals surface area contributed by atoms with E-state index in [1.807, 2.05) is 12.1 Å². The average Bonchev–Trinajstić information content (AvgIpc) is 3.59. The minimum atomic E-state index is -0.614. The number of carbonyl (C=O) groups excluding carboxylic acids is 3. The Labute approximate surface area is 262 Å². The molecule has 0 unspecified atom stereocenters. The third-order valence-electron chi connectivity index (χ3n) is 10.1. The van der Waals surface area contributed by atoms with E-state index < -0.39 is 11.9 Å². The van der Waals surface area contributed by atoms with Gasteiger partial charge in [-0.05, 0) is 79.6 Å². The Morgan fingerprint density at radius 2 is 1.82 bits per heavy atom. The van der Waals surface area contributed by atoms with Crippen molar-refractivity contribution in [1.82, 2.24) is 20.1 Å². The summed E-state index contributed by atoms with van der Waals surface area (Å²) >= 11 is 0.